The Hall–Kier alpha value is -0.170. The highest BCUT2D eigenvalue weighted by molar-refractivity contribution is 8.22. The molecule has 0 saturated carbocycles. The SMILES string of the molecule is [CH2]C(CCCC)CC[SH]1C=CC=C1. The maximum atomic E-state index is 4.20. The van der Waals surface area contributed by atoms with Gasteiger partial charge in [0, 0.05) is 0 Å². The van der Waals surface area contributed by atoms with Crippen LogP contribution in [0.2, 0.25) is 0 Å². The van der Waals surface area contributed by atoms with Crippen LogP contribution in [0.1, 0.15) is 32.6 Å². The molecule has 0 aliphatic carbocycles. The summed E-state index contributed by atoms with van der Waals surface area (Å²) >= 11 is 0. The molecule has 13 heavy (non-hydrogen) atoms. The van der Waals surface area contributed by atoms with Crippen molar-refractivity contribution >= 4 is 10.9 Å². The third-order valence-corrected chi connectivity index (χ3v) is 4.31. The molecule has 0 aromatic heterocycles. The Kier molecular flexibility index (Phi) is 5.29. The van der Waals surface area contributed by atoms with Crippen LogP contribution in [-0.4, -0.2) is 5.75 Å². The monoisotopic (exact) mass is 197 g/mol. The molecule has 1 radical (unpaired) electrons. The first-order chi connectivity index (χ1) is 6.33. The van der Waals surface area contributed by atoms with Crippen LogP contribution in [0.4, 0.5) is 0 Å². The summed E-state index contributed by atoms with van der Waals surface area (Å²) in [6.07, 6.45) is 9.62. The van der Waals surface area contributed by atoms with E-state index in [-0.39, 0.29) is 10.9 Å². The van der Waals surface area contributed by atoms with Crippen molar-refractivity contribution < 1.29 is 0 Å². The van der Waals surface area contributed by atoms with Crippen LogP contribution in [0.15, 0.2) is 23.0 Å². The molecule has 0 bridgehead atoms. The number of rotatable bonds is 6. The maximum absolute atomic E-state index is 4.20. The van der Waals surface area contributed by atoms with E-state index in [1.807, 2.05) is 0 Å². The molecular weight excluding hydrogens is 176 g/mol. The van der Waals surface area contributed by atoms with Crippen molar-refractivity contribution in [2.45, 2.75) is 32.6 Å². The molecule has 0 aromatic rings. The molecule has 0 fully saturated rings. The Bertz CT molecular complexity index is 170. The molecule has 1 heteroatoms. The Morgan fingerprint density at radius 1 is 1.23 bits per heavy atom. The van der Waals surface area contributed by atoms with Crippen molar-refractivity contribution in [2.75, 3.05) is 5.75 Å². The van der Waals surface area contributed by atoms with Crippen LogP contribution in [0, 0.1) is 12.8 Å². The van der Waals surface area contributed by atoms with Gasteiger partial charge in [0.25, 0.3) is 0 Å². The molecule has 0 nitrogen and oxygen atoms in total. The second-order valence-corrected chi connectivity index (χ2v) is 5.79. The predicted octanol–water partition coefficient (Wildman–Crippen LogP) is 4.06. The molecule has 0 N–H and O–H groups in total. The summed E-state index contributed by atoms with van der Waals surface area (Å²) in [7, 11) is 0.106. The maximum Gasteiger partial charge on any atom is -0.0182 e. The molecular formula is C12H21S. The van der Waals surface area contributed by atoms with Crippen LogP contribution < -0.4 is 0 Å². The molecule has 1 heterocycles. The van der Waals surface area contributed by atoms with Crippen LogP contribution in [0.5, 0.6) is 0 Å². The summed E-state index contributed by atoms with van der Waals surface area (Å²) in [6.45, 7) is 6.45. The van der Waals surface area contributed by atoms with E-state index in [9.17, 15) is 0 Å². The standard InChI is InChI=1S/C12H21S/c1-3-4-7-12(2)8-11-13-9-5-6-10-13/h5-6,9-10,12-13H,2-4,7-8,11H2,1H3. The van der Waals surface area contributed by atoms with E-state index < -0.39 is 0 Å². The molecule has 0 saturated heterocycles. The van der Waals surface area contributed by atoms with Crippen molar-refractivity contribution in [3.05, 3.63) is 29.9 Å². The Labute approximate surface area is 85.5 Å². The summed E-state index contributed by atoms with van der Waals surface area (Å²) in [5, 5.41) is 4.70. The van der Waals surface area contributed by atoms with Gasteiger partial charge in [0.15, 0.2) is 0 Å². The van der Waals surface area contributed by atoms with E-state index in [0.29, 0.717) is 5.92 Å². The minimum Gasteiger partial charge on any atom is -0.213 e. The molecule has 0 spiro atoms. The van der Waals surface area contributed by atoms with E-state index in [1.54, 1.807) is 0 Å². The Morgan fingerprint density at radius 2 is 1.92 bits per heavy atom. The molecule has 1 unspecified atom stereocenters. The number of hydrogen-bond acceptors (Lipinski definition) is 0. The van der Waals surface area contributed by atoms with Crippen LogP contribution in [-0.2, 0) is 0 Å². The van der Waals surface area contributed by atoms with Crippen LogP contribution in [0.3, 0.4) is 0 Å². The molecule has 0 amide bonds. The second kappa shape index (κ2) is 6.31. The summed E-state index contributed by atoms with van der Waals surface area (Å²) in [5.41, 5.74) is 0. The lowest BCUT2D eigenvalue weighted by Crippen LogP contribution is -1.97. The molecule has 1 atom stereocenters. The fourth-order valence-electron chi connectivity index (χ4n) is 1.49. The lowest BCUT2D eigenvalue weighted by atomic mass is 10.0. The number of unbranched alkanes of at least 4 members (excludes halogenated alkanes) is 1. The average molecular weight is 197 g/mol. The summed E-state index contributed by atoms with van der Waals surface area (Å²) in [4.78, 5) is 0. The molecule has 75 valence electrons. The van der Waals surface area contributed by atoms with E-state index in [0.717, 1.165) is 0 Å². The van der Waals surface area contributed by atoms with Crippen molar-refractivity contribution in [2.24, 2.45) is 5.92 Å². The van der Waals surface area contributed by atoms with Crippen molar-refractivity contribution in [1.82, 2.24) is 0 Å². The van der Waals surface area contributed by atoms with Gasteiger partial charge in [-0.05, 0) is 28.9 Å². The largest absolute Gasteiger partial charge is 0.213 e. The molecule has 1 aliphatic heterocycles. The van der Waals surface area contributed by atoms with Crippen LogP contribution >= 0.6 is 10.9 Å². The number of hydrogen-bond donors (Lipinski definition) is 1. The summed E-state index contributed by atoms with van der Waals surface area (Å²) in [6, 6.07) is 0. The van der Waals surface area contributed by atoms with Gasteiger partial charge >= 0.3 is 0 Å². The van der Waals surface area contributed by atoms with Gasteiger partial charge in [-0.2, -0.15) is 0 Å². The van der Waals surface area contributed by atoms with Gasteiger partial charge < -0.3 is 0 Å². The van der Waals surface area contributed by atoms with Gasteiger partial charge in [0.2, 0.25) is 0 Å². The first-order valence-electron chi connectivity index (χ1n) is 5.26. The first-order valence-corrected chi connectivity index (χ1v) is 6.93. The minimum absolute atomic E-state index is 0.106. The highest BCUT2D eigenvalue weighted by atomic mass is 32.2. The van der Waals surface area contributed by atoms with E-state index >= 15 is 0 Å². The number of thiol groups is 1. The zero-order chi connectivity index (χ0) is 9.52. The average Bonchev–Trinajstić information content (AvgIpc) is 2.64. The third kappa shape index (κ3) is 4.56. The lowest BCUT2D eigenvalue weighted by molar-refractivity contribution is 0.540. The van der Waals surface area contributed by atoms with Crippen LogP contribution in [0.25, 0.3) is 0 Å². The van der Waals surface area contributed by atoms with Crippen molar-refractivity contribution in [3.8, 4) is 0 Å². The second-order valence-electron chi connectivity index (χ2n) is 3.72. The summed E-state index contributed by atoms with van der Waals surface area (Å²) < 4.78 is 0. The summed E-state index contributed by atoms with van der Waals surface area (Å²) in [5.74, 6) is 2.03. The van der Waals surface area contributed by atoms with Gasteiger partial charge in [-0.3, -0.25) is 0 Å². The zero-order valence-electron chi connectivity index (χ0n) is 8.58. The van der Waals surface area contributed by atoms with Gasteiger partial charge in [-0.15, -0.1) is 0 Å². The Balaban J connectivity index is 2.04. The van der Waals surface area contributed by atoms with E-state index in [1.165, 1.54) is 31.4 Å². The topological polar surface area (TPSA) is 0 Å². The fraction of sp³-hybridized carbons (Fsp3) is 0.583. The minimum atomic E-state index is 0.106. The predicted molar refractivity (Wildman–Crippen MR) is 65.1 cm³/mol. The molecule has 1 rings (SSSR count). The first kappa shape index (κ1) is 10.9. The van der Waals surface area contributed by atoms with Gasteiger partial charge in [-0.1, -0.05) is 45.3 Å². The van der Waals surface area contributed by atoms with Gasteiger partial charge in [0.05, 0.1) is 0 Å². The van der Waals surface area contributed by atoms with Crippen molar-refractivity contribution in [3.63, 3.8) is 0 Å². The van der Waals surface area contributed by atoms with E-state index in [2.05, 4.69) is 36.8 Å². The molecule has 1 aliphatic rings. The van der Waals surface area contributed by atoms with Crippen molar-refractivity contribution in [1.29, 1.82) is 0 Å². The number of allylic oxidation sites excluding steroid dienone is 2. The lowest BCUT2D eigenvalue weighted by Gasteiger charge is -2.14. The third-order valence-electron chi connectivity index (χ3n) is 2.43. The fourth-order valence-corrected chi connectivity index (χ4v) is 3.19. The quantitative estimate of drug-likeness (QED) is 0.610. The smallest absolute Gasteiger partial charge is 0.0182 e. The Morgan fingerprint density at radius 3 is 2.54 bits per heavy atom. The normalized spacial score (nSPS) is 19.7. The zero-order valence-corrected chi connectivity index (χ0v) is 9.47. The van der Waals surface area contributed by atoms with Gasteiger partial charge in [0.1, 0.15) is 0 Å². The molecule has 0 aromatic carbocycles. The van der Waals surface area contributed by atoms with E-state index in [4.69, 9.17) is 0 Å². The van der Waals surface area contributed by atoms with Gasteiger partial charge in [-0.25, -0.2) is 10.9 Å². The highest BCUT2D eigenvalue weighted by Gasteiger charge is 2.04. The highest BCUT2D eigenvalue weighted by Crippen LogP contribution is 2.34.